The highest BCUT2D eigenvalue weighted by molar-refractivity contribution is 5.91. The Kier molecular flexibility index (Phi) is 4.10. The first-order valence-electron chi connectivity index (χ1n) is 5.98. The Balaban J connectivity index is 1.99. The van der Waals surface area contributed by atoms with Crippen LogP contribution < -0.4 is 16.8 Å². The van der Waals surface area contributed by atoms with Gasteiger partial charge in [0.25, 0.3) is 5.91 Å². The highest BCUT2D eigenvalue weighted by Gasteiger charge is 2.06. The highest BCUT2D eigenvalue weighted by atomic mass is 16.1. The summed E-state index contributed by atoms with van der Waals surface area (Å²) in [5, 5.41) is 3.09. The number of benzene rings is 1. The number of pyridine rings is 1. The first-order valence-corrected chi connectivity index (χ1v) is 5.98. The Morgan fingerprint density at radius 2 is 1.89 bits per heavy atom. The fourth-order valence-corrected chi connectivity index (χ4v) is 1.70. The van der Waals surface area contributed by atoms with Gasteiger partial charge in [-0.15, -0.1) is 0 Å². The predicted octanol–water partition coefficient (Wildman–Crippen LogP) is 1.29. The molecule has 5 heteroatoms. The zero-order valence-electron chi connectivity index (χ0n) is 10.4. The lowest BCUT2D eigenvalue weighted by atomic mass is 10.1. The molecule has 1 unspecified atom stereocenters. The molecule has 0 radical (unpaired) electrons. The first kappa shape index (κ1) is 13.0. The Hall–Kier alpha value is -2.40. The van der Waals surface area contributed by atoms with Crippen LogP contribution in [0.1, 0.15) is 22.1 Å². The lowest BCUT2D eigenvalue weighted by Crippen LogP contribution is -2.21. The summed E-state index contributed by atoms with van der Waals surface area (Å²) in [6.07, 6.45) is 0. The van der Waals surface area contributed by atoms with Gasteiger partial charge in [0.15, 0.2) is 0 Å². The van der Waals surface area contributed by atoms with Crippen molar-refractivity contribution in [3.05, 3.63) is 59.8 Å². The number of rotatable bonds is 5. The molecule has 5 N–H and O–H groups in total. The summed E-state index contributed by atoms with van der Waals surface area (Å²) in [6.45, 7) is 0.527. The quantitative estimate of drug-likeness (QED) is 0.751. The lowest BCUT2D eigenvalue weighted by molar-refractivity contribution is 0.0995. The minimum atomic E-state index is -0.545. The zero-order valence-corrected chi connectivity index (χ0v) is 10.4. The molecule has 0 aliphatic heterocycles. The van der Waals surface area contributed by atoms with Crippen LogP contribution in [0.5, 0.6) is 0 Å². The topological polar surface area (TPSA) is 94.0 Å². The standard InChI is InChI=1S/C14H16N4O/c15-11(10-5-2-1-3-6-10)9-17-13-8-4-7-12(18-13)14(16)19/h1-8,11H,9,15H2,(H2,16,19)(H,17,18). The molecule has 1 atom stereocenters. The van der Waals surface area contributed by atoms with Crippen molar-refractivity contribution in [3.63, 3.8) is 0 Å². The molecule has 0 bridgehead atoms. The zero-order chi connectivity index (χ0) is 13.7. The molecule has 1 aromatic heterocycles. The van der Waals surface area contributed by atoms with Crippen LogP contribution in [-0.2, 0) is 0 Å². The molecule has 0 fully saturated rings. The first-order chi connectivity index (χ1) is 9.16. The molecule has 19 heavy (non-hydrogen) atoms. The number of nitrogens with one attached hydrogen (secondary N) is 1. The van der Waals surface area contributed by atoms with Gasteiger partial charge in [0.05, 0.1) is 0 Å². The van der Waals surface area contributed by atoms with Crippen LogP contribution in [0.15, 0.2) is 48.5 Å². The van der Waals surface area contributed by atoms with Gasteiger partial charge in [0, 0.05) is 12.6 Å². The van der Waals surface area contributed by atoms with Gasteiger partial charge in [-0.05, 0) is 17.7 Å². The summed E-state index contributed by atoms with van der Waals surface area (Å²) >= 11 is 0. The molecule has 1 aromatic carbocycles. The van der Waals surface area contributed by atoms with E-state index in [4.69, 9.17) is 11.5 Å². The van der Waals surface area contributed by atoms with E-state index >= 15 is 0 Å². The van der Waals surface area contributed by atoms with E-state index in [1.54, 1.807) is 18.2 Å². The summed E-state index contributed by atoms with van der Waals surface area (Å²) in [5.74, 6) is 0.0405. The lowest BCUT2D eigenvalue weighted by Gasteiger charge is -2.13. The van der Waals surface area contributed by atoms with Crippen molar-refractivity contribution in [2.24, 2.45) is 11.5 Å². The normalized spacial score (nSPS) is 11.8. The molecular weight excluding hydrogens is 240 g/mol. The number of carbonyl (C=O) groups excluding carboxylic acids is 1. The van der Waals surface area contributed by atoms with Crippen LogP contribution in [0, 0.1) is 0 Å². The van der Waals surface area contributed by atoms with Crippen molar-refractivity contribution in [1.82, 2.24) is 4.98 Å². The van der Waals surface area contributed by atoms with Crippen LogP contribution in [0.25, 0.3) is 0 Å². The van der Waals surface area contributed by atoms with Crippen LogP contribution in [-0.4, -0.2) is 17.4 Å². The number of nitrogens with two attached hydrogens (primary N) is 2. The Morgan fingerprint density at radius 1 is 1.16 bits per heavy atom. The highest BCUT2D eigenvalue weighted by Crippen LogP contribution is 2.11. The van der Waals surface area contributed by atoms with Crippen molar-refractivity contribution < 1.29 is 4.79 Å². The third kappa shape index (κ3) is 3.53. The second-order valence-corrected chi connectivity index (χ2v) is 4.17. The maximum atomic E-state index is 11.0. The molecule has 0 aliphatic rings. The summed E-state index contributed by atoms with van der Waals surface area (Å²) in [4.78, 5) is 15.1. The fourth-order valence-electron chi connectivity index (χ4n) is 1.70. The summed E-state index contributed by atoms with van der Waals surface area (Å²) in [5.41, 5.74) is 12.5. The second-order valence-electron chi connectivity index (χ2n) is 4.17. The monoisotopic (exact) mass is 256 g/mol. The van der Waals surface area contributed by atoms with Crippen LogP contribution >= 0.6 is 0 Å². The number of amides is 1. The van der Waals surface area contributed by atoms with E-state index in [-0.39, 0.29) is 11.7 Å². The molecule has 0 spiro atoms. The van der Waals surface area contributed by atoms with Gasteiger partial charge in [-0.1, -0.05) is 36.4 Å². The van der Waals surface area contributed by atoms with E-state index in [2.05, 4.69) is 10.3 Å². The van der Waals surface area contributed by atoms with Gasteiger partial charge in [0.1, 0.15) is 11.5 Å². The van der Waals surface area contributed by atoms with Gasteiger partial charge in [-0.25, -0.2) is 4.98 Å². The number of carbonyl (C=O) groups is 1. The molecule has 2 aromatic rings. The average Bonchev–Trinajstić information content (AvgIpc) is 2.46. The minimum Gasteiger partial charge on any atom is -0.368 e. The maximum Gasteiger partial charge on any atom is 0.267 e. The number of primary amides is 1. The van der Waals surface area contributed by atoms with Crippen LogP contribution in [0.2, 0.25) is 0 Å². The van der Waals surface area contributed by atoms with E-state index in [1.807, 2.05) is 30.3 Å². The second kappa shape index (κ2) is 5.97. The third-order valence-electron chi connectivity index (χ3n) is 2.73. The van der Waals surface area contributed by atoms with Gasteiger partial charge >= 0.3 is 0 Å². The smallest absolute Gasteiger partial charge is 0.267 e. The number of nitrogens with zero attached hydrogens (tertiary/aromatic N) is 1. The molecule has 0 saturated heterocycles. The van der Waals surface area contributed by atoms with Gasteiger partial charge in [-0.3, -0.25) is 4.79 Å². The maximum absolute atomic E-state index is 11.0. The number of hydrogen-bond acceptors (Lipinski definition) is 4. The Bertz CT molecular complexity index is 556. The van der Waals surface area contributed by atoms with Gasteiger partial charge < -0.3 is 16.8 Å². The van der Waals surface area contributed by atoms with E-state index < -0.39 is 5.91 Å². The van der Waals surface area contributed by atoms with Crippen LogP contribution in [0.3, 0.4) is 0 Å². The number of aromatic nitrogens is 1. The molecule has 98 valence electrons. The van der Waals surface area contributed by atoms with E-state index in [1.165, 1.54) is 0 Å². The summed E-state index contributed by atoms with van der Waals surface area (Å²) < 4.78 is 0. The number of anilines is 1. The Labute approximate surface area is 111 Å². The van der Waals surface area contributed by atoms with Gasteiger partial charge in [-0.2, -0.15) is 0 Å². The van der Waals surface area contributed by atoms with E-state index in [9.17, 15) is 4.79 Å². The minimum absolute atomic E-state index is 0.139. The molecule has 1 amide bonds. The predicted molar refractivity (Wildman–Crippen MR) is 74.6 cm³/mol. The molecular formula is C14H16N4O. The Morgan fingerprint density at radius 3 is 2.58 bits per heavy atom. The van der Waals surface area contributed by atoms with Crippen LogP contribution in [0.4, 0.5) is 5.82 Å². The molecule has 1 heterocycles. The number of hydrogen-bond donors (Lipinski definition) is 3. The average molecular weight is 256 g/mol. The van der Waals surface area contributed by atoms with Crippen molar-refractivity contribution in [2.45, 2.75) is 6.04 Å². The molecule has 0 saturated carbocycles. The largest absolute Gasteiger partial charge is 0.368 e. The van der Waals surface area contributed by atoms with Crippen molar-refractivity contribution >= 4 is 11.7 Å². The van der Waals surface area contributed by atoms with Crippen molar-refractivity contribution in [1.29, 1.82) is 0 Å². The SMILES string of the molecule is NC(=O)c1cccc(NCC(N)c2ccccc2)n1. The fraction of sp³-hybridized carbons (Fsp3) is 0.143. The summed E-state index contributed by atoms with van der Waals surface area (Å²) in [7, 11) is 0. The molecule has 2 rings (SSSR count). The molecule has 0 aliphatic carbocycles. The third-order valence-corrected chi connectivity index (χ3v) is 2.73. The van der Waals surface area contributed by atoms with Gasteiger partial charge in [0.2, 0.25) is 0 Å². The van der Waals surface area contributed by atoms with Crippen molar-refractivity contribution in [3.8, 4) is 0 Å². The summed E-state index contributed by atoms with van der Waals surface area (Å²) in [6, 6.07) is 14.7. The molecule has 5 nitrogen and oxygen atoms in total. The van der Waals surface area contributed by atoms with E-state index in [0.29, 0.717) is 12.4 Å². The van der Waals surface area contributed by atoms with Crippen molar-refractivity contribution in [2.75, 3.05) is 11.9 Å². The van der Waals surface area contributed by atoms with E-state index in [0.717, 1.165) is 5.56 Å².